The van der Waals surface area contributed by atoms with Crippen LogP contribution in [0.3, 0.4) is 0 Å². The topological polar surface area (TPSA) is 74.8 Å². The molecule has 2 aromatic carbocycles. The van der Waals surface area contributed by atoms with E-state index in [0.717, 1.165) is 27.7 Å². The zero-order chi connectivity index (χ0) is 23.0. The second kappa shape index (κ2) is 11.1. The van der Waals surface area contributed by atoms with Crippen LogP contribution in [0.15, 0.2) is 60.0 Å². The van der Waals surface area contributed by atoms with E-state index in [-0.39, 0.29) is 18.2 Å². The number of nitrogens with one attached hydrogen (secondary N) is 1. The van der Waals surface area contributed by atoms with Crippen LogP contribution in [0.5, 0.6) is 5.75 Å². The molecular formula is C25H28N4O3S. The second-order valence-corrected chi connectivity index (χ2v) is 8.68. The van der Waals surface area contributed by atoms with E-state index in [1.807, 2.05) is 71.8 Å². The summed E-state index contributed by atoms with van der Waals surface area (Å²) in [6, 6.07) is 17.3. The summed E-state index contributed by atoms with van der Waals surface area (Å²) in [5.74, 6) is 0.835. The first kappa shape index (κ1) is 22.9. The van der Waals surface area contributed by atoms with Crippen LogP contribution in [-0.2, 0) is 16.0 Å². The maximum Gasteiger partial charge on any atom is 0.238 e. The number of hydrogen-bond donors (Lipinski definition) is 1. The summed E-state index contributed by atoms with van der Waals surface area (Å²) in [5, 5.41) is 5.71. The average Bonchev–Trinajstić information content (AvgIpc) is 3.29. The summed E-state index contributed by atoms with van der Waals surface area (Å²) in [4.78, 5) is 33.7. The summed E-state index contributed by atoms with van der Waals surface area (Å²) >= 11 is 1.52. The van der Waals surface area contributed by atoms with Gasteiger partial charge in [-0.15, -0.1) is 11.3 Å². The molecule has 172 valence electrons. The van der Waals surface area contributed by atoms with Gasteiger partial charge in [-0.25, -0.2) is 4.98 Å². The number of ether oxygens (including phenoxy) is 1. The van der Waals surface area contributed by atoms with Gasteiger partial charge in [0.05, 0.1) is 30.8 Å². The van der Waals surface area contributed by atoms with Crippen molar-refractivity contribution in [1.82, 2.24) is 14.8 Å². The van der Waals surface area contributed by atoms with E-state index < -0.39 is 0 Å². The Labute approximate surface area is 198 Å². The normalized spacial score (nSPS) is 14.2. The first-order valence-electron chi connectivity index (χ1n) is 11.1. The van der Waals surface area contributed by atoms with Gasteiger partial charge in [0.15, 0.2) is 0 Å². The van der Waals surface area contributed by atoms with Crippen LogP contribution < -0.4 is 10.1 Å². The van der Waals surface area contributed by atoms with Gasteiger partial charge in [-0.05, 0) is 31.2 Å². The van der Waals surface area contributed by atoms with E-state index in [0.29, 0.717) is 39.3 Å². The summed E-state index contributed by atoms with van der Waals surface area (Å²) in [7, 11) is 0. The number of nitrogens with zero attached hydrogens (tertiary/aromatic N) is 3. The number of carbonyl (C=O) groups excluding carboxylic acids is 2. The highest BCUT2D eigenvalue weighted by atomic mass is 32.1. The van der Waals surface area contributed by atoms with Gasteiger partial charge in [-0.3, -0.25) is 14.5 Å². The monoisotopic (exact) mass is 464 g/mol. The lowest BCUT2D eigenvalue weighted by Crippen LogP contribution is -2.50. The lowest BCUT2D eigenvalue weighted by Gasteiger charge is -2.34. The molecule has 1 fully saturated rings. The number of thiazole rings is 1. The lowest BCUT2D eigenvalue weighted by molar-refractivity contribution is -0.132. The Balaban J connectivity index is 1.26. The minimum absolute atomic E-state index is 0.0386. The molecule has 1 saturated heterocycles. The number of piperazine rings is 1. The van der Waals surface area contributed by atoms with Crippen molar-refractivity contribution in [2.45, 2.75) is 13.3 Å². The van der Waals surface area contributed by atoms with Crippen molar-refractivity contribution < 1.29 is 14.3 Å². The van der Waals surface area contributed by atoms with E-state index >= 15 is 0 Å². The first-order valence-corrected chi connectivity index (χ1v) is 12.0. The molecule has 1 aliphatic rings. The molecule has 33 heavy (non-hydrogen) atoms. The molecule has 0 unspecified atom stereocenters. The molecule has 1 aromatic heterocycles. The Morgan fingerprint density at radius 2 is 1.76 bits per heavy atom. The number of amides is 2. The van der Waals surface area contributed by atoms with Crippen LogP contribution in [0.2, 0.25) is 0 Å². The lowest BCUT2D eigenvalue weighted by atomic mass is 10.2. The third kappa shape index (κ3) is 6.18. The molecule has 0 radical (unpaired) electrons. The number of carbonyl (C=O) groups is 2. The van der Waals surface area contributed by atoms with Crippen molar-refractivity contribution in [2.24, 2.45) is 0 Å². The summed E-state index contributed by atoms with van der Waals surface area (Å²) in [5.41, 5.74) is 2.52. The van der Waals surface area contributed by atoms with Crippen molar-refractivity contribution >= 4 is 28.8 Å². The van der Waals surface area contributed by atoms with Gasteiger partial charge in [-0.1, -0.05) is 30.3 Å². The molecule has 0 atom stereocenters. The third-order valence-corrected chi connectivity index (χ3v) is 6.38. The number of para-hydroxylation sites is 2. The Hall–Kier alpha value is -3.23. The molecule has 2 heterocycles. The van der Waals surface area contributed by atoms with Crippen LogP contribution in [0, 0.1) is 0 Å². The van der Waals surface area contributed by atoms with E-state index in [2.05, 4.69) is 15.2 Å². The fraction of sp³-hybridized carbons (Fsp3) is 0.320. The molecular weight excluding hydrogens is 436 g/mol. The van der Waals surface area contributed by atoms with E-state index in [1.165, 1.54) is 11.3 Å². The fourth-order valence-corrected chi connectivity index (χ4v) is 4.63. The number of hydrogen-bond acceptors (Lipinski definition) is 6. The molecule has 1 N–H and O–H groups in total. The number of rotatable bonds is 8. The molecule has 8 heteroatoms. The minimum atomic E-state index is -0.0386. The summed E-state index contributed by atoms with van der Waals surface area (Å²) in [6.07, 6.45) is 0.280. The van der Waals surface area contributed by atoms with Gasteiger partial charge in [0, 0.05) is 37.2 Å². The Kier molecular flexibility index (Phi) is 7.70. The summed E-state index contributed by atoms with van der Waals surface area (Å²) < 4.78 is 5.71. The van der Waals surface area contributed by atoms with Gasteiger partial charge < -0.3 is 15.0 Å². The predicted molar refractivity (Wildman–Crippen MR) is 131 cm³/mol. The number of benzene rings is 2. The van der Waals surface area contributed by atoms with Crippen molar-refractivity contribution in [3.8, 4) is 16.3 Å². The van der Waals surface area contributed by atoms with Crippen molar-refractivity contribution in [1.29, 1.82) is 0 Å². The minimum Gasteiger partial charge on any atom is -0.493 e. The zero-order valence-electron chi connectivity index (χ0n) is 18.7. The standard InChI is InChI=1S/C25H28N4O3S/c1-2-32-22-11-7-6-10-21(22)25-27-20(18-33-25)16-24(31)29-14-12-28(13-15-29)17-23(30)26-19-8-4-3-5-9-19/h3-11,18H,2,12-17H2,1H3,(H,26,30). The Morgan fingerprint density at radius 3 is 2.52 bits per heavy atom. The molecule has 4 rings (SSSR count). The molecule has 2 amide bonds. The summed E-state index contributed by atoms with van der Waals surface area (Å²) in [6.45, 7) is 5.46. The Morgan fingerprint density at radius 1 is 1.03 bits per heavy atom. The third-order valence-electron chi connectivity index (χ3n) is 5.45. The Bertz CT molecular complexity index is 1080. The highest BCUT2D eigenvalue weighted by Crippen LogP contribution is 2.32. The number of aromatic nitrogens is 1. The molecule has 3 aromatic rings. The first-order chi connectivity index (χ1) is 16.1. The molecule has 0 spiro atoms. The highest BCUT2D eigenvalue weighted by Gasteiger charge is 2.23. The maximum atomic E-state index is 12.8. The van der Waals surface area contributed by atoms with Crippen LogP contribution in [0.1, 0.15) is 12.6 Å². The molecule has 0 bridgehead atoms. The van der Waals surface area contributed by atoms with Gasteiger partial charge in [0.1, 0.15) is 10.8 Å². The number of anilines is 1. The quantitative estimate of drug-likeness (QED) is 0.552. The maximum absolute atomic E-state index is 12.8. The largest absolute Gasteiger partial charge is 0.493 e. The van der Waals surface area contributed by atoms with Crippen LogP contribution in [0.4, 0.5) is 5.69 Å². The van der Waals surface area contributed by atoms with Crippen molar-refractivity contribution in [3.63, 3.8) is 0 Å². The van der Waals surface area contributed by atoms with Crippen molar-refractivity contribution in [2.75, 3.05) is 44.6 Å². The van der Waals surface area contributed by atoms with Gasteiger partial charge >= 0.3 is 0 Å². The zero-order valence-corrected chi connectivity index (χ0v) is 19.5. The average molecular weight is 465 g/mol. The smallest absolute Gasteiger partial charge is 0.238 e. The van der Waals surface area contributed by atoms with Crippen LogP contribution in [0.25, 0.3) is 10.6 Å². The molecule has 0 aliphatic carbocycles. The second-order valence-electron chi connectivity index (χ2n) is 7.82. The molecule has 7 nitrogen and oxygen atoms in total. The van der Waals surface area contributed by atoms with Crippen LogP contribution >= 0.6 is 11.3 Å². The van der Waals surface area contributed by atoms with Gasteiger partial charge in [0.25, 0.3) is 0 Å². The van der Waals surface area contributed by atoms with E-state index in [9.17, 15) is 9.59 Å². The van der Waals surface area contributed by atoms with Crippen molar-refractivity contribution in [3.05, 3.63) is 65.7 Å². The van der Waals surface area contributed by atoms with Gasteiger partial charge in [0.2, 0.25) is 11.8 Å². The van der Waals surface area contributed by atoms with E-state index in [1.54, 1.807) is 0 Å². The molecule has 0 saturated carbocycles. The predicted octanol–water partition coefficient (Wildman–Crippen LogP) is 3.53. The highest BCUT2D eigenvalue weighted by molar-refractivity contribution is 7.13. The van der Waals surface area contributed by atoms with Crippen LogP contribution in [-0.4, -0.2) is 65.9 Å². The fourth-order valence-electron chi connectivity index (χ4n) is 3.78. The van der Waals surface area contributed by atoms with E-state index in [4.69, 9.17) is 4.74 Å². The SMILES string of the molecule is CCOc1ccccc1-c1nc(CC(=O)N2CCN(CC(=O)Nc3ccccc3)CC2)cs1. The molecule has 1 aliphatic heterocycles. The van der Waals surface area contributed by atoms with Gasteiger partial charge in [-0.2, -0.15) is 0 Å².